The Labute approximate surface area is 221 Å². The number of fused-ring (bicyclic) bond motifs is 1. The van der Waals surface area contributed by atoms with Crippen LogP contribution >= 0.6 is 11.6 Å². The molecule has 1 N–H and O–H groups in total. The summed E-state index contributed by atoms with van der Waals surface area (Å²) in [6, 6.07) is 16.8. The predicted molar refractivity (Wildman–Crippen MR) is 145 cm³/mol. The number of benzene rings is 2. The number of halogens is 1. The first kappa shape index (κ1) is 25.0. The third-order valence-electron chi connectivity index (χ3n) is 6.56. The number of nitrogens with one attached hydrogen (secondary N) is 1. The van der Waals surface area contributed by atoms with E-state index in [1.54, 1.807) is 37.4 Å². The lowest BCUT2D eigenvalue weighted by Gasteiger charge is -2.24. The van der Waals surface area contributed by atoms with E-state index >= 15 is 0 Å². The Morgan fingerprint density at radius 1 is 1.05 bits per heavy atom. The summed E-state index contributed by atoms with van der Waals surface area (Å²) < 4.78 is 18.7. The zero-order chi connectivity index (χ0) is 25.8. The largest absolute Gasteiger partial charge is 0.493 e. The molecule has 4 aromatic rings. The van der Waals surface area contributed by atoms with Crippen molar-refractivity contribution in [2.75, 3.05) is 19.0 Å². The highest BCUT2D eigenvalue weighted by molar-refractivity contribution is 6.30. The summed E-state index contributed by atoms with van der Waals surface area (Å²) in [6.45, 7) is 1.82. The van der Waals surface area contributed by atoms with Gasteiger partial charge >= 0.3 is 5.97 Å². The van der Waals surface area contributed by atoms with Crippen molar-refractivity contribution in [2.24, 2.45) is 0 Å². The number of carbonyl (C=O) groups is 1. The van der Waals surface area contributed by atoms with Gasteiger partial charge in [-0.25, -0.2) is 9.78 Å². The number of anilines is 1. The van der Waals surface area contributed by atoms with Crippen molar-refractivity contribution >= 4 is 29.0 Å². The Bertz CT molecular complexity index is 1390. The minimum absolute atomic E-state index is 0.242. The van der Waals surface area contributed by atoms with E-state index in [0.717, 1.165) is 41.1 Å². The minimum Gasteiger partial charge on any atom is -0.493 e. The van der Waals surface area contributed by atoms with Crippen molar-refractivity contribution in [1.82, 2.24) is 9.38 Å². The number of pyridine rings is 1. The molecular formula is C29H30ClN3O4. The van der Waals surface area contributed by atoms with Gasteiger partial charge in [-0.3, -0.25) is 4.40 Å². The first-order valence-electron chi connectivity index (χ1n) is 12.5. The summed E-state index contributed by atoms with van der Waals surface area (Å²) in [4.78, 5) is 17.4. The van der Waals surface area contributed by atoms with Crippen LogP contribution in [0.15, 0.2) is 60.8 Å². The molecule has 0 amide bonds. The number of aryl methyl sites for hydroxylation is 1. The number of imidazole rings is 1. The first-order chi connectivity index (χ1) is 18.0. The van der Waals surface area contributed by atoms with E-state index in [2.05, 4.69) is 35.0 Å². The Kier molecular flexibility index (Phi) is 7.51. The van der Waals surface area contributed by atoms with Crippen LogP contribution in [0.4, 0.5) is 5.82 Å². The van der Waals surface area contributed by atoms with Gasteiger partial charge in [0.05, 0.1) is 7.11 Å². The third kappa shape index (κ3) is 5.83. The van der Waals surface area contributed by atoms with Gasteiger partial charge in [-0.15, -0.1) is 0 Å². The number of ether oxygens (including phenoxy) is 3. The number of hydrogen-bond acceptors (Lipinski definition) is 6. The van der Waals surface area contributed by atoms with E-state index in [1.165, 1.54) is 19.3 Å². The molecule has 0 bridgehead atoms. The van der Waals surface area contributed by atoms with E-state index in [9.17, 15) is 4.79 Å². The van der Waals surface area contributed by atoms with E-state index in [0.29, 0.717) is 28.3 Å². The van der Waals surface area contributed by atoms with Crippen LogP contribution in [0.3, 0.4) is 0 Å². The smallest absolute Gasteiger partial charge is 0.349 e. The molecule has 37 heavy (non-hydrogen) atoms. The van der Waals surface area contributed by atoms with Crippen LogP contribution in [0.5, 0.6) is 17.2 Å². The molecule has 8 heteroatoms. The lowest BCUT2D eigenvalue weighted by atomic mass is 9.95. The molecule has 0 atom stereocenters. The van der Waals surface area contributed by atoms with Crippen molar-refractivity contribution in [1.29, 1.82) is 0 Å². The molecule has 0 spiro atoms. The maximum absolute atomic E-state index is 12.4. The predicted octanol–water partition coefficient (Wildman–Crippen LogP) is 6.70. The monoisotopic (exact) mass is 519 g/mol. The summed E-state index contributed by atoms with van der Waals surface area (Å²) >= 11 is 5.89. The Hall–Kier alpha value is -3.71. The van der Waals surface area contributed by atoms with Crippen molar-refractivity contribution < 1.29 is 19.0 Å². The highest BCUT2D eigenvalue weighted by Crippen LogP contribution is 2.37. The molecule has 1 saturated carbocycles. The number of hydrogen-bond donors (Lipinski definition) is 1. The van der Waals surface area contributed by atoms with Crippen LogP contribution < -0.4 is 19.5 Å². The molecule has 1 aliphatic rings. The fraction of sp³-hybridized carbons (Fsp3) is 0.310. The molecule has 0 unspecified atom stereocenters. The van der Waals surface area contributed by atoms with E-state index in [-0.39, 0.29) is 6.61 Å². The van der Waals surface area contributed by atoms with Crippen LogP contribution in [0.2, 0.25) is 5.02 Å². The van der Waals surface area contributed by atoms with Gasteiger partial charge in [0, 0.05) is 22.8 Å². The molecule has 2 aromatic carbocycles. The van der Waals surface area contributed by atoms with Crippen LogP contribution in [0.1, 0.15) is 37.7 Å². The average molecular weight is 520 g/mol. The number of esters is 1. The molecular weight excluding hydrogens is 490 g/mol. The number of rotatable bonds is 8. The van der Waals surface area contributed by atoms with Gasteiger partial charge in [0.1, 0.15) is 22.9 Å². The van der Waals surface area contributed by atoms with Crippen molar-refractivity contribution in [3.63, 3.8) is 0 Å². The summed E-state index contributed by atoms with van der Waals surface area (Å²) in [6.07, 6.45) is 8.11. The summed E-state index contributed by atoms with van der Waals surface area (Å²) in [5.74, 6) is 1.71. The molecule has 0 saturated heterocycles. The standard InChI is InChI=1S/C29H30ClN3O4/c1-19-14-15-33-26(16-19)32-28(29(33)31-22-6-4-3-5-7-22)20-8-13-24(25(17-20)35-2)37-27(34)18-36-23-11-9-21(30)10-12-23/h8-17,22,31H,3-7,18H2,1-2H3. The Morgan fingerprint density at radius 3 is 2.59 bits per heavy atom. The van der Waals surface area contributed by atoms with Gasteiger partial charge in [-0.1, -0.05) is 30.9 Å². The highest BCUT2D eigenvalue weighted by atomic mass is 35.5. The molecule has 1 aliphatic carbocycles. The first-order valence-corrected chi connectivity index (χ1v) is 12.9. The van der Waals surface area contributed by atoms with Crippen LogP contribution in [0, 0.1) is 6.92 Å². The van der Waals surface area contributed by atoms with E-state index in [1.807, 2.05) is 12.1 Å². The Morgan fingerprint density at radius 2 is 1.84 bits per heavy atom. The molecule has 7 nitrogen and oxygen atoms in total. The second kappa shape index (κ2) is 11.1. The van der Waals surface area contributed by atoms with Crippen LogP contribution in [-0.2, 0) is 4.79 Å². The third-order valence-corrected chi connectivity index (χ3v) is 6.81. The van der Waals surface area contributed by atoms with E-state index in [4.69, 9.17) is 30.8 Å². The number of aromatic nitrogens is 2. The second-order valence-corrected chi connectivity index (χ2v) is 9.74. The molecule has 1 fully saturated rings. The molecule has 0 aliphatic heterocycles. The number of nitrogens with zero attached hydrogens (tertiary/aromatic N) is 2. The summed E-state index contributed by atoms with van der Waals surface area (Å²) in [5.41, 5.74) is 3.73. The molecule has 2 heterocycles. The minimum atomic E-state index is -0.538. The topological polar surface area (TPSA) is 74.1 Å². The quantitative estimate of drug-likeness (QED) is 0.206. The summed E-state index contributed by atoms with van der Waals surface area (Å²) in [5, 5.41) is 4.35. The van der Waals surface area contributed by atoms with Crippen LogP contribution in [0.25, 0.3) is 16.9 Å². The zero-order valence-electron chi connectivity index (χ0n) is 21.0. The molecule has 5 rings (SSSR count). The lowest BCUT2D eigenvalue weighted by Crippen LogP contribution is -2.23. The SMILES string of the molecule is COc1cc(-c2nc3cc(C)ccn3c2NC2CCCCC2)ccc1OC(=O)COc1ccc(Cl)cc1. The molecule has 192 valence electrons. The van der Waals surface area contributed by atoms with Gasteiger partial charge < -0.3 is 19.5 Å². The lowest BCUT2D eigenvalue weighted by molar-refractivity contribution is -0.136. The van der Waals surface area contributed by atoms with Gasteiger partial charge in [0.15, 0.2) is 18.1 Å². The van der Waals surface area contributed by atoms with Crippen LogP contribution in [-0.4, -0.2) is 35.1 Å². The second-order valence-electron chi connectivity index (χ2n) is 9.30. The highest BCUT2D eigenvalue weighted by Gasteiger charge is 2.21. The zero-order valence-corrected chi connectivity index (χ0v) is 21.8. The fourth-order valence-corrected chi connectivity index (χ4v) is 4.78. The number of methoxy groups -OCH3 is 1. The van der Waals surface area contributed by atoms with Crippen molar-refractivity contribution in [3.8, 4) is 28.5 Å². The maximum atomic E-state index is 12.4. The fourth-order valence-electron chi connectivity index (χ4n) is 4.65. The van der Waals surface area contributed by atoms with Crippen molar-refractivity contribution in [3.05, 3.63) is 71.4 Å². The maximum Gasteiger partial charge on any atom is 0.349 e. The van der Waals surface area contributed by atoms with Gasteiger partial charge in [-0.2, -0.15) is 0 Å². The van der Waals surface area contributed by atoms with Crippen molar-refractivity contribution in [2.45, 2.75) is 45.1 Å². The normalized spacial score (nSPS) is 13.9. The Balaban J connectivity index is 1.39. The summed E-state index contributed by atoms with van der Waals surface area (Å²) in [7, 11) is 1.55. The van der Waals surface area contributed by atoms with Gasteiger partial charge in [0.2, 0.25) is 0 Å². The molecule has 2 aromatic heterocycles. The average Bonchev–Trinajstić information content (AvgIpc) is 3.26. The number of carbonyl (C=O) groups excluding carboxylic acids is 1. The van der Waals surface area contributed by atoms with E-state index < -0.39 is 5.97 Å². The van der Waals surface area contributed by atoms with Gasteiger partial charge in [0.25, 0.3) is 0 Å². The molecule has 0 radical (unpaired) electrons. The van der Waals surface area contributed by atoms with Gasteiger partial charge in [-0.05, 0) is 79.9 Å².